The molecule has 2 aromatic rings. The average Bonchev–Trinajstić information content (AvgIpc) is 2.85. The molecule has 2 aromatic carbocycles. The van der Waals surface area contributed by atoms with Crippen molar-refractivity contribution in [3.63, 3.8) is 0 Å². The number of hydrogen-bond donors (Lipinski definition) is 2. The van der Waals surface area contributed by atoms with Gasteiger partial charge >= 0.3 is 11.8 Å². The topological polar surface area (TPSA) is 67.9 Å². The van der Waals surface area contributed by atoms with Gasteiger partial charge in [0, 0.05) is 64.7 Å². The molecule has 0 spiro atoms. The molecule has 7 heteroatoms. The third-order valence-corrected chi connectivity index (χ3v) is 6.34. The molecular weight excluding hydrogens is 426 g/mol. The van der Waals surface area contributed by atoms with E-state index in [-0.39, 0.29) is 6.04 Å². The van der Waals surface area contributed by atoms with Crippen molar-refractivity contribution in [3.05, 3.63) is 60.2 Å². The summed E-state index contributed by atoms with van der Waals surface area (Å²) in [5.74, 6) is -0.648. The summed E-state index contributed by atoms with van der Waals surface area (Å²) in [5.41, 5.74) is 3.50. The van der Waals surface area contributed by atoms with E-state index < -0.39 is 11.8 Å². The molecule has 0 radical (unpaired) electrons. The van der Waals surface area contributed by atoms with Crippen molar-refractivity contribution in [3.8, 4) is 0 Å². The van der Waals surface area contributed by atoms with Crippen LogP contribution < -0.4 is 20.4 Å². The summed E-state index contributed by atoms with van der Waals surface area (Å²) in [6, 6.07) is 18.9. The lowest BCUT2D eigenvalue weighted by Crippen LogP contribution is -2.51. The summed E-state index contributed by atoms with van der Waals surface area (Å²) >= 11 is 0. The van der Waals surface area contributed by atoms with Crippen LogP contribution in [0.3, 0.4) is 0 Å². The van der Waals surface area contributed by atoms with Crippen LogP contribution in [0.25, 0.3) is 0 Å². The lowest BCUT2D eigenvalue weighted by atomic mass is 10.0. The Morgan fingerprint density at radius 1 is 0.882 bits per heavy atom. The number of amides is 2. The molecule has 0 aromatic heterocycles. The van der Waals surface area contributed by atoms with Crippen molar-refractivity contribution >= 4 is 23.2 Å². The van der Waals surface area contributed by atoms with Crippen molar-refractivity contribution < 1.29 is 9.59 Å². The first-order valence-electron chi connectivity index (χ1n) is 12.2. The number of carbonyl (C=O) groups is 2. The van der Waals surface area contributed by atoms with Crippen LogP contribution in [0.4, 0.5) is 11.4 Å². The zero-order valence-electron chi connectivity index (χ0n) is 21.0. The van der Waals surface area contributed by atoms with Gasteiger partial charge < -0.3 is 20.4 Å². The Balaban J connectivity index is 1.65. The zero-order valence-corrected chi connectivity index (χ0v) is 21.0. The first kappa shape index (κ1) is 25.6. The van der Waals surface area contributed by atoms with Crippen LogP contribution in [0.2, 0.25) is 0 Å². The molecular formula is C27H39N5O2. The van der Waals surface area contributed by atoms with Gasteiger partial charge in [0.15, 0.2) is 0 Å². The van der Waals surface area contributed by atoms with Gasteiger partial charge in [-0.1, -0.05) is 44.2 Å². The van der Waals surface area contributed by atoms with Crippen LogP contribution in [0.1, 0.15) is 31.9 Å². The summed E-state index contributed by atoms with van der Waals surface area (Å²) in [6.45, 7) is 8.69. The van der Waals surface area contributed by atoms with E-state index in [9.17, 15) is 9.59 Å². The number of hydrogen-bond acceptors (Lipinski definition) is 5. The Morgan fingerprint density at radius 2 is 1.50 bits per heavy atom. The Labute approximate surface area is 204 Å². The van der Waals surface area contributed by atoms with Crippen molar-refractivity contribution in [1.82, 2.24) is 15.5 Å². The van der Waals surface area contributed by atoms with Crippen molar-refractivity contribution in [2.24, 2.45) is 5.92 Å². The Kier molecular flexibility index (Phi) is 9.33. The first-order chi connectivity index (χ1) is 16.3. The molecule has 3 rings (SSSR count). The first-order valence-corrected chi connectivity index (χ1v) is 12.2. The number of rotatable bonds is 9. The van der Waals surface area contributed by atoms with E-state index in [1.165, 1.54) is 5.69 Å². The number of piperazine rings is 1. The summed E-state index contributed by atoms with van der Waals surface area (Å²) in [7, 11) is 4.04. The van der Waals surface area contributed by atoms with Gasteiger partial charge in [-0.25, -0.2) is 0 Å². The van der Waals surface area contributed by atoms with E-state index in [2.05, 4.69) is 87.7 Å². The fourth-order valence-corrected chi connectivity index (χ4v) is 4.21. The summed E-state index contributed by atoms with van der Waals surface area (Å²) in [6.07, 6.45) is 0.853. The zero-order chi connectivity index (χ0) is 24.5. The van der Waals surface area contributed by atoms with Crippen LogP contribution in [0, 0.1) is 5.92 Å². The fourth-order valence-electron chi connectivity index (χ4n) is 4.21. The van der Waals surface area contributed by atoms with Crippen LogP contribution in [0.5, 0.6) is 0 Å². The summed E-state index contributed by atoms with van der Waals surface area (Å²) < 4.78 is 0. The van der Waals surface area contributed by atoms with Gasteiger partial charge in [-0.05, 0) is 42.2 Å². The Hall–Kier alpha value is -3.06. The molecule has 34 heavy (non-hydrogen) atoms. The number of benzene rings is 2. The third-order valence-electron chi connectivity index (χ3n) is 6.34. The number of nitrogens with zero attached hydrogens (tertiary/aromatic N) is 3. The molecule has 184 valence electrons. The molecule has 0 saturated carbocycles. The molecule has 1 aliphatic rings. The maximum absolute atomic E-state index is 12.5. The highest BCUT2D eigenvalue weighted by atomic mass is 16.2. The molecule has 2 N–H and O–H groups in total. The van der Waals surface area contributed by atoms with Gasteiger partial charge in [-0.15, -0.1) is 0 Å². The van der Waals surface area contributed by atoms with E-state index in [1.807, 2.05) is 20.2 Å². The van der Waals surface area contributed by atoms with Crippen LogP contribution in [-0.2, 0) is 9.59 Å². The monoisotopic (exact) mass is 465 g/mol. The molecule has 1 fully saturated rings. The second-order valence-corrected chi connectivity index (χ2v) is 9.51. The van der Waals surface area contributed by atoms with E-state index in [0.29, 0.717) is 19.0 Å². The molecule has 1 heterocycles. The number of nitrogens with one attached hydrogen (secondary N) is 2. The third kappa shape index (κ3) is 7.22. The average molecular weight is 466 g/mol. The van der Waals surface area contributed by atoms with E-state index in [1.54, 1.807) is 0 Å². The molecule has 2 amide bonds. The Bertz CT molecular complexity index is 906. The lowest BCUT2D eigenvalue weighted by Gasteiger charge is -2.40. The van der Waals surface area contributed by atoms with E-state index in [4.69, 9.17) is 0 Å². The normalized spacial score (nSPS) is 15.1. The lowest BCUT2D eigenvalue weighted by molar-refractivity contribution is -0.139. The van der Waals surface area contributed by atoms with Crippen molar-refractivity contribution in [1.29, 1.82) is 0 Å². The highest BCUT2D eigenvalue weighted by Gasteiger charge is 2.26. The van der Waals surface area contributed by atoms with Gasteiger partial charge in [0.25, 0.3) is 0 Å². The standard InChI is InChI=1S/C27H39N5O2/c1-21(2)14-15-28-26(33)27(34)29-20-25(22-10-12-23(13-11-22)30(3)4)32-18-16-31(17-19-32)24-8-6-5-7-9-24/h5-13,21,25H,14-20H2,1-4H3,(H,28,33)(H,29,34). The van der Waals surface area contributed by atoms with Gasteiger partial charge in [0.05, 0.1) is 6.04 Å². The molecule has 1 unspecified atom stereocenters. The minimum atomic E-state index is -0.568. The van der Waals surface area contributed by atoms with Gasteiger partial charge in [-0.3, -0.25) is 14.5 Å². The highest BCUT2D eigenvalue weighted by molar-refractivity contribution is 6.35. The minimum absolute atomic E-state index is 0.00143. The van der Waals surface area contributed by atoms with E-state index >= 15 is 0 Å². The molecule has 1 atom stereocenters. The van der Waals surface area contributed by atoms with Gasteiger partial charge in [0.2, 0.25) is 0 Å². The van der Waals surface area contributed by atoms with Gasteiger partial charge in [0.1, 0.15) is 0 Å². The van der Waals surface area contributed by atoms with Crippen LogP contribution >= 0.6 is 0 Å². The molecule has 1 aliphatic heterocycles. The fraction of sp³-hybridized carbons (Fsp3) is 0.481. The van der Waals surface area contributed by atoms with E-state index in [0.717, 1.165) is 43.9 Å². The minimum Gasteiger partial charge on any atom is -0.378 e. The molecule has 7 nitrogen and oxygen atoms in total. The Morgan fingerprint density at radius 3 is 2.09 bits per heavy atom. The highest BCUT2D eigenvalue weighted by Crippen LogP contribution is 2.25. The van der Waals surface area contributed by atoms with Crippen molar-refractivity contribution in [2.45, 2.75) is 26.3 Å². The second kappa shape index (κ2) is 12.4. The summed E-state index contributed by atoms with van der Waals surface area (Å²) in [5, 5.41) is 5.60. The predicted molar refractivity (Wildman–Crippen MR) is 139 cm³/mol. The van der Waals surface area contributed by atoms with Gasteiger partial charge in [-0.2, -0.15) is 0 Å². The number of para-hydroxylation sites is 1. The van der Waals surface area contributed by atoms with Crippen molar-refractivity contribution in [2.75, 3.05) is 63.2 Å². The summed E-state index contributed by atoms with van der Waals surface area (Å²) in [4.78, 5) is 31.5. The number of anilines is 2. The second-order valence-electron chi connectivity index (χ2n) is 9.51. The SMILES string of the molecule is CC(C)CCNC(=O)C(=O)NCC(c1ccc(N(C)C)cc1)N1CCN(c2ccccc2)CC1. The van der Waals surface area contributed by atoms with Crippen LogP contribution in [0.15, 0.2) is 54.6 Å². The molecule has 0 bridgehead atoms. The maximum atomic E-state index is 12.5. The quantitative estimate of drug-likeness (QED) is 0.558. The molecule has 1 saturated heterocycles. The number of carbonyl (C=O) groups excluding carboxylic acids is 2. The maximum Gasteiger partial charge on any atom is 0.309 e. The van der Waals surface area contributed by atoms with Crippen LogP contribution in [-0.4, -0.2) is 70.1 Å². The predicted octanol–water partition coefficient (Wildman–Crippen LogP) is 2.89. The molecule has 0 aliphatic carbocycles. The largest absolute Gasteiger partial charge is 0.378 e. The smallest absolute Gasteiger partial charge is 0.309 e.